The number of likely N-dealkylation sites (tertiary alicyclic amines) is 1. The largest absolute Gasteiger partial charge is 0.362 e. The van der Waals surface area contributed by atoms with E-state index in [-0.39, 0.29) is 12.0 Å². The quantitative estimate of drug-likeness (QED) is 0.550. The third-order valence-corrected chi connectivity index (χ3v) is 6.10. The number of rotatable bonds is 5. The van der Waals surface area contributed by atoms with Crippen LogP contribution in [0.2, 0.25) is 5.02 Å². The number of nitrogens with zero attached hydrogens (tertiary/aromatic N) is 1. The van der Waals surface area contributed by atoms with Gasteiger partial charge in [-0.2, -0.15) is 0 Å². The fraction of sp³-hybridized carbons (Fsp3) is 0.167. The summed E-state index contributed by atoms with van der Waals surface area (Å²) in [4.78, 5) is 2.18. The van der Waals surface area contributed by atoms with Gasteiger partial charge in [0.15, 0.2) is 9.84 Å². The molecule has 0 amide bonds. The van der Waals surface area contributed by atoms with E-state index in [1.54, 1.807) is 0 Å². The monoisotopic (exact) mass is 423 g/mol. The normalized spacial score (nSPS) is 18.1. The maximum Gasteiger partial charge on any atom is 0.170 e. The minimum atomic E-state index is -3.30. The molecule has 148 valence electrons. The van der Waals surface area contributed by atoms with Crippen molar-refractivity contribution in [1.29, 1.82) is 0 Å². The van der Waals surface area contributed by atoms with E-state index in [4.69, 9.17) is 11.6 Å². The highest BCUT2D eigenvalue weighted by atomic mass is 35.5. The Bertz CT molecular complexity index is 1090. The second kappa shape index (κ2) is 8.05. The zero-order valence-corrected chi connectivity index (χ0v) is 17.6. The number of halogens is 1. The molecule has 4 rings (SSSR count). The van der Waals surface area contributed by atoms with Crippen LogP contribution >= 0.6 is 11.6 Å². The molecular formula is C24H22ClNO2S. The van der Waals surface area contributed by atoms with Crippen LogP contribution < -0.4 is 0 Å². The van der Waals surface area contributed by atoms with Gasteiger partial charge in [-0.3, -0.25) is 0 Å². The first-order valence-corrected chi connectivity index (χ1v) is 11.8. The van der Waals surface area contributed by atoms with Crippen LogP contribution in [0.5, 0.6) is 0 Å². The Kier molecular flexibility index (Phi) is 5.48. The summed E-state index contributed by atoms with van der Waals surface area (Å²) in [5.74, 6) is -0.00153. The maximum atomic E-state index is 12.2. The lowest BCUT2D eigenvalue weighted by Crippen LogP contribution is -2.45. The van der Waals surface area contributed by atoms with Crippen molar-refractivity contribution in [1.82, 2.24) is 4.90 Å². The fourth-order valence-electron chi connectivity index (χ4n) is 3.93. The zero-order chi connectivity index (χ0) is 20.4. The van der Waals surface area contributed by atoms with Gasteiger partial charge >= 0.3 is 0 Å². The maximum absolute atomic E-state index is 12.2. The van der Waals surface area contributed by atoms with Crippen LogP contribution in [-0.4, -0.2) is 26.1 Å². The van der Waals surface area contributed by atoms with E-state index < -0.39 is 9.84 Å². The Hall–Kier alpha value is -2.56. The third kappa shape index (κ3) is 4.39. The highest BCUT2D eigenvalue weighted by Gasteiger charge is 2.40. The molecule has 3 aromatic carbocycles. The summed E-state index contributed by atoms with van der Waals surface area (Å²) < 4.78 is 24.4. The lowest BCUT2D eigenvalue weighted by atomic mass is 9.83. The molecule has 1 fully saturated rings. The fourth-order valence-corrected chi connectivity index (χ4v) is 4.87. The summed E-state index contributed by atoms with van der Waals surface area (Å²) in [6.07, 6.45) is 1.24. The van der Waals surface area contributed by atoms with Crippen LogP contribution in [0.15, 0.2) is 96.0 Å². The molecule has 29 heavy (non-hydrogen) atoms. The van der Waals surface area contributed by atoms with Crippen LogP contribution in [0.4, 0.5) is 0 Å². The van der Waals surface area contributed by atoms with Crippen LogP contribution in [0, 0.1) is 0 Å². The van der Waals surface area contributed by atoms with Gasteiger partial charge in [0.1, 0.15) is 0 Å². The molecule has 1 aliphatic rings. The van der Waals surface area contributed by atoms with Gasteiger partial charge in [0.05, 0.1) is 11.4 Å². The highest BCUT2D eigenvalue weighted by molar-refractivity contribution is 7.93. The van der Waals surface area contributed by atoms with E-state index in [1.807, 2.05) is 60.7 Å². The predicted octanol–water partition coefficient (Wildman–Crippen LogP) is 5.41. The third-order valence-electron chi connectivity index (χ3n) is 5.20. The van der Waals surface area contributed by atoms with Gasteiger partial charge in [0.25, 0.3) is 0 Å². The smallest absolute Gasteiger partial charge is 0.170 e. The van der Waals surface area contributed by atoms with Crippen molar-refractivity contribution in [3.05, 3.63) is 118 Å². The number of benzene rings is 3. The number of hydrogen-bond donors (Lipinski definition) is 0. The Morgan fingerprint density at radius 2 is 1.52 bits per heavy atom. The average molecular weight is 424 g/mol. The van der Waals surface area contributed by atoms with Crippen molar-refractivity contribution in [3.8, 4) is 0 Å². The topological polar surface area (TPSA) is 37.4 Å². The minimum Gasteiger partial charge on any atom is -0.362 e. The van der Waals surface area contributed by atoms with E-state index in [2.05, 4.69) is 29.2 Å². The van der Waals surface area contributed by atoms with Gasteiger partial charge in [0, 0.05) is 29.4 Å². The summed E-state index contributed by atoms with van der Waals surface area (Å²) in [5, 5.41) is 2.06. The SMILES string of the molecule is CS(=O)(=O)C=C1C(c2cccc(Cl)c2)CN1C(c1ccccc1)c1ccccc1. The van der Waals surface area contributed by atoms with Crippen molar-refractivity contribution in [2.24, 2.45) is 0 Å². The molecule has 3 nitrogen and oxygen atoms in total. The number of sulfone groups is 1. The molecule has 3 aromatic rings. The summed E-state index contributed by atoms with van der Waals surface area (Å²) >= 11 is 6.19. The molecule has 0 aromatic heterocycles. The number of hydrogen-bond acceptors (Lipinski definition) is 3. The van der Waals surface area contributed by atoms with Crippen molar-refractivity contribution in [2.75, 3.05) is 12.8 Å². The molecule has 5 heteroatoms. The van der Waals surface area contributed by atoms with Crippen LogP contribution in [0.1, 0.15) is 28.7 Å². The molecule has 1 saturated heterocycles. The van der Waals surface area contributed by atoms with Crippen molar-refractivity contribution < 1.29 is 8.42 Å². The van der Waals surface area contributed by atoms with Gasteiger partial charge in [-0.15, -0.1) is 0 Å². The Morgan fingerprint density at radius 3 is 2.03 bits per heavy atom. The first-order chi connectivity index (χ1) is 13.9. The molecule has 1 atom stereocenters. The average Bonchev–Trinajstić information content (AvgIpc) is 2.70. The van der Waals surface area contributed by atoms with Crippen LogP contribution in [0.25, 0.3) is 0 Å². The van der Waals surface area contributed by atoms with Gasteiger partial charge in [-0.05, 0) is 28.8 Å². The lowest BCUT2D eigenvalue weighted by molar-refractivity contribution is 0.182. The molecular weight excluding hydrogens is 402 g/mol. The van der Waals surface area contributed by atoms with Gasteiger partial charge in [-0.1, -0.05) is 84.4 Å². The van der Waals surface area contributed by atoms with Gasteiger partial charge in [0.2, 0.25) is 0 Å². The standard InChI is InChI=1S/C24H22ClNO2S/c1-29(27,28)17-23-22(20-13-8-14-21(25)15-20)16-26(23)24(18-9-4-2-5-10-18)19-11-6-3-7-12-19/h2-15,17,22,24H,16H2,1H3. The Balaban J connectivity index is 1.79. The Morgan fingerprint density at radius 1 is 0.931 bits per heavy atom. The van der Waals surface area contributed by atoms with E-state index in [1.165, 1.54) is 11.7 Å². The summed E-state index contributed by atoms with van der Waals surface area (Å²) in [7, 11) is -3.30. The van der Waals surface area contributed by atoms with Gasteiger partial charge in [-0.25, -0.2) is 8.42 Å². The first kappa shape index (κ1) is 19.7. The molecule has 0 spiro atoms. The van der Waals surface area contributed by atoms with E-state index >= 15 is 0 Å². The molecule has 0 aliphatic carbocycles. The second-order valence-corrected chi connectivity index (χ2v) is 9.69. The molecule has 0 N–H and O–H groups in total. The first-order valence-electron chi connectivity index (χ1n) is 9.46. The molecule has 0 radical (unpaired) electrons. The van der Waals surface area contributed by atoms with Gasteiger partial charge < -0.3 is 4.90 Å². The molecule has 0 saturated carbocycles. The van der Waals surface area contributed by atoms with E-state index in [0.717, 1.165) is 28.9 Å². The second-order valence-electron chi connectivity index (χ2n) is 7.36. The zero-order valence-electron chi connectivity index (χ0n) is 16.1. The van der Waals surface area contributed by atoms with Crippen LogP contribution in [0.3, 0.4) is 0 Å². The molecule has 0 bridgehead atoms. The van der Waals surface area contributed by atoms with Crippen molar-refractivity contribution in [3.63, 3.8) is 0 Å². The summed E-state index contributed by atoms with van der Waals surface area (Å²) in [6, 6.07) is 28.0. The molecule has 1 unspecified atom stereocenters. The highest BCUT2D eigenvalue weighted by Crippen LogP contribution is 2.46. The summed E-state index contributed by atoms with van der Waals surface area (Å²) in [6.45, 7) is 0.718. The minimum absolute atomic E-state index is 0.00153. The van der Waals surface area contributed by atoms with Crippen molar-refractivity contribution >= 4 is 21.4 Å². The lowest BCUT2D eigenvalue weighted by Gasteiger charge is -2.49. The Labute approximate surface area is 177 Å². The molecule has 1 heterocycles. The van der Waals surface area contributed by atoms with E-state index in [9.17, 15) is 8.42 Å². The summed E-state index contributed by atoms with van der Waals surface area (Å²) in [5.41, 5.74) is 4.08. The van der Waals surface area contributed by atoms with Crippen molar-refractivity contribution in [2.45, 2.75) is 12.0 Å². The predicted molar refractivity (Wildman–Crippen MR) is 119 cm³/mol. The van der Waals surface area contributed by atoms with Crippen LogP contribution in [-0.2, 0) is 9.84 Å². The van der Waals surface area contributed by atoms with E-state index in [0.29, 0.717) is 5.02 Å². The molecule has 1 aliphatic heterocycles.